The van der Waals surface area contributed by atoms with E-state index < -0.39 is 5.97 Å². The second kappa shape index (κ2) is 9.62. The van der Waals surface area contributed by atoms with Gasteiger partial charge in [-0.3, -0.25) is 9.59 Å². The zero-order valence-corrected chi connectivity index (χ0v) is 16.6. The van der Waals surface area contributed by atoms with Crippen molar-refractivity contribution in [3.63, 3.8) is 0 Å². The predicted octanol–water partition coefficient (Wildman–Crippen LogP) is 2.64. The fourth-order valence-corrected chi connectivity index (χ4v) is 3.71. The van der Waals surface area contributed by atoms with Crippen LogP contribution in [0.2, 0.25) is 0 Å². The molecule has 0 unspecified atom stereocenters. The second-order valence-electron chi connectivity index (χ2n) is 7.48. The Morgan fingerprint density at radius 2 is 1.86 bits per heavy atom. The lowest BCUT2D eigenvalue weighted by molar-refractivity contribution is -0.149. The third-order valence-corrected chi connectivity index (χ3v) is 5.37. The maximum atomic E-state index is 13.2. The molecule has 8 heteroatoms. The highest BCUT2D eigenvalue weighted by Crippen LogP contribution is 2.24. The van der Waals surface area contributed by atoms with E-state index in [2.05, 4.69) is 5.10 Å². The van der Waals surface area contributed by atoms with Crippen molar-refractivity contribution in [2.24, 2.45) is 5.10 Å². The summed E-state index contributed by atoms with van der Waals surface area (Å²) in [5.41, 5.74) is 0.969. The summed E-state index contributed by atoms with van der Waals surface area (Å²) in [6.07, 6.45) is 5.45. The number of halogens is 1. The minimum atomic E-state index is -0.678. The first kappa shape index (κ1) is 21.0. The average molecular weight is 403 g/mol. The van der Waals surface area contributed by atoms with E-state index in [1.807, 2.05) is 0 Å². The molecule has 0 N–H and O–H groups in total. The highest BCUT2D eigenvalue weighted by Gasteiger charge is 2.28. The van der Waals surface area contributed by atoms with E-state index in [1.54, 1.807) is 17.0 Å². The Hall–Kier alpha value is -2.77. The molecular formula is C21H26FN3O4. The van der Waals surface area contributed by atoms with E-state index in [9.17, 15) is 18.8 Å². The van der Waals surface area contributed by atoms with Crippen LogP contribution in [0.1, 0.15) is 50.5 Å². The summed E-state index contributed by atoms with van der Waals surface area (Å²) in [7, 11) is 1.48. The zero-order chi connectivity index (χ0) is 20.8. The largest absolute Gasteiger partial charge is 0.451 e. The van der Waals surface area contributed by atoms with Crippen molar-refractivity contribution in [3.8, 4) is 0 Å². The third kappa shape index (κ3) is 5.62. The number of carbonyl (C=O) groups excluding carboxylic acids is 3. The van der Waals surface area contributed by atoms with Crippen LogP contribution < -0.4 is 0 Å². The number of ether oxygens (including phenoxy) is 1. The molecule has 1 aliphatic heterocycles. The van der Waals surface area contributed by atoms with Gasteiger partial charge in [0, 0.05) is 32.5 Å². The van der Waals surface area contributed by atoms with Gasteiger partial charge in [-0.2, -0.15) is 5.10 Å². The van der Waals surface area contributed by atoms with Crippen molar-refractivity contribution >= 4 is 23.5 Å². The lowest BCUT2D eigenvalue weighted by Crippen LogP contribution is -2.43. The number of rotatable bonds is 6. The van der Waals surface area contributed by atoms with E-state index in [-0.39, 0.29) is 48.8 Å². The first-order chi connectivity index (χ1) is 13.9. The molecule has 1 aliphatic carbocycles. The maximum Gasteiger partial charge on any atom is 0.355 e. The third-order valence-electron chi connectivity index (χ3n) is 5.37. The van der Waals surface area contributed by atoms with Crippen LogP contribution in [-0.4, -0.2) is 53.1 Å². The molecule has 0 radical (unpaired) electrons. The number of esters is 1. The van der Waals surface area contributed by atoms with Gasteiger partial charge in [-0.25, -0.2) is 14.2 Å². The summed E-state index contributed by atoms with van der Waals surface area (Å²) in [6.45, 7) is -0.0350. The molecule has 3 rings (SSSR count). The van der Waals surface area contributed by atoms with Crippen molar-refractivity contribution in [1.29, 1.82) is 0 Å². The van der Waals surface area contributed by atoms with Gasteiger partial charge in [0.25, 0.3) is 5.91 Å². The van der Waals surface area contributed by atoms with Crippen molar-refractivity contribution in [3.05, 3.63) is 35.6 Å². The lowest BCUT2D eigenvalue weighted by Gasteiger charge is -2.34. The quantitative estimate of drug-likeness (QED) is 0.684. The van der Waals surface area contributed by atoms with Gasteiger partial charge >= 0.3 is 5.97 Å². The van der Waals surface area contributed by atoms with Gasteiger partial charge < -0.3 is 9.64 Å². The summed E-state index contributed by atoms with van der Waals surface area (Å²) in [4.78, 5) is 38.3. The molecule has 7 nitrogen and oxygen atoms in total. The van der Waals surface area contributed by atoms with Crippen LogP contribution >= 0.6 is 0 Å². The summed E-state index contributed by atoms with van der Waals surface area (Å²) in [5, 5.41) is 5.03. The molecule has 1 fully saturated rings. The van der Waals surface area contributed by atoms with Crippen LogP contribution in [0.3, 0.4) is 0 Å². The SMILES string of the molecule is CN1N=C(C(=O)OCC(=O)N(Cc2ccc(F)cc2)C2CCCCC2)CCC1=O. The van der Waals surface area contributed by atoms with Gasteiger partial charge in [0.1, 0.15) is 11.5 Å². The number of benzene rings is 1. The Morgan fingerprint density at radius 1 is 1.17 bits per heavy atom. The zero-order valence-electron chi connectivity index (χ0n) is 16.6. The lowest BCUT2D eigenvalue weighted by atomic mass is 9.93. The summed E-state index contributed by atoms with van der Waals surface area (Å²) < 4.78 is 18.4. The molecular weight excluding hydrogens is 377 g/mol. The smallest absolute Gasteiger partial charge is 0.355 e. The van der Waals surface area contributed by atoms with Crippen molar-refractivity contribution in [2.75, 3.05) is 13.7 Å². The van der Waals surface area contributed by atoms with E-state index >= 15 is 0 Å². The Morgan fingerprint density at radius 3 is 2.52 bits per heavy atom. The molecule has 1 heterocycles. The molecule has 0 bridgehead atoms. The fourth-order valence-electron chi connectivity index (χ4n) is 3.71. The van der Waals surface area contributed by atoms with E-state index in [1.165, 1.54) is 19.2 Å². The average Bonchev–Trinajstić information content (AvgIpc) is 2.74. The standard InChI is InChI=1S/C21H26FN3O4/c1-24-19(26)12-11-18(23-24)21(28)29-14-20(27)25(17-5-3-2-4-6-17)13-15-7-9-16(22)10-8-15/h7-10,17H,2-6,11-14H2,1H3. The van der Waals surface area contributed by atoms with Gasteiger partial charge in [-0.1, -0.05) is 31.4 Å². The van der Waals surface area contributed by atoms with E-state index in [0.717, 1.165) is 42.7 Å². The predicted molar refractivity (Wildman–Crippen MR) is 104 cm³/mol. The molecule has 156 valence electrons. The fraction of sp³-hybridized carbons (Fsp3) is 0.524. The maximum absolute atomic E-state index is 13.2. The van der Waals surface area contributed by atoms with Gasteiger partial charge in [0.05, 0.1) is 0 Å². The molecule has 1 aromatic carbocycles. The molecule has 0 aromatic heterocycles. The van der Waals surface area contributed by atoms with Crippen LogP contribution in [0.5, 0.6) is 0 Å². The molecule has 2 aliphatic rings. The van der Waals surface area contributed by atoms with Crippen LogP contribution in [0.4, 0.5) is 4.39 Å². The summed E-state index contributed by atoms with van der Waals surface area (Å²) >= 11 is 0. The highest BCUT2D eigenvalue weighted by atomic mass is 19.1. The Bertz CT molecular complexity index is 788. The monoisotopic (exact) mass is 403 g/mol. The minimum absolute atomic E-state index is 0.0794. The number of carbonyl (C=O) groups is 3. The Kier molecular flexibility index (Phi) is 6.95. The Balaban J connectivity index is 1.64. The highest BCUT2D eigenvalue weighted by molar-refractivity contribution is 6.37. The first-order valence-corrected chi connectivity index (χ1v) is 9.99. The number of amides is 2. The molecule has 29 heavy (non-hydrogen) atoms. The molecule has 0 atom stereocenters. The van der Waals surface area contributed by atoms with Crippen molar-refractivity contribution in [2.45, 2.75) is 57.5 Å². The van der Waals surface area contributed by atoms with Crippen LogP contribution in [0.25, 0.3) is 0 Å². The number of hydrogen-bond acceptors (Lipinski definition) is 5. The van der Waals surface area contributed by atoms with E-state index in [4.69, 9.17) is 4.74 Å². The molecule has 0 spiro atoms. The number of hydrogen-bond donors (Lipinski definition) is 0. The topological polar surface area (TPSA) is 79.3 Å². The first-order valence-electron chi connectivity index (χ1n) is 9.99. The van der Waals surface area contributed by atoms with Crippen LogP contribution in [0.15, 0.2) is 29.4 Å². The van der Waals surface area contributed by atoms with Crippen LogP contribution in [0, 0.1) is 5.82 Å². The minimum Gasteiger partial charge on any atom is -0.451 e. The number of nitrogens with zero attached hydrogens (tertiary/aromatic N) is 3. The number of hydrazone groups is 1. The van der Waals surface area contributed by atoms with Crippen molar-refractivity contribution in [1.82, 2.24) is 9.91 Å². The normalized spacial score (nSPS) is 17.7. The molecule has 0 saturated heterocycles. The van der Waals surface area contributed by atoms with Gasteiger partial charge in [-0.15, -0.1) is 0 Å². The molecule has 1 saturated carbocycles. The molecule has 1 aromatic rings. The van der Waals surface area contributed by atoms with Crippen LogP contribution in [-0.2, 0) is 25.7 Å². The second-order valence-corrected chi connectivity index (χ2v) is 7.48. The van der Waals surface area contributed by atoms with Gasteiger partial charge in [-0.05, 0) is 30.5 Å². The summed E-state index contributed by atoms with van der Waals surface area (Å²) in [6, 6.07) is 6.15. The molecule has 2 amide bonds. The van der Waals surface area contributed by atoms with Gasteiger partial charge in [0.15, 0.2) is 6.61 Å². The van der Waals surface area contributed by atoms with E-state index in [0.29, 0.717) is 6.54 Å². The summed E-state index contributed by atoms with van der Waals surface area (Å²) in [5.74, 6) is -1.45. The van der Waals surface area contributed by atoms with Gasteiger partial charge in [0.2, 0.25) is 5.91 Å². The van der Waals surface area contributed by atoms with Crippen molar-refractivity contribution < 1.29 is 23.5 Å². The Labute approximate surface area is 169 Å².